The Bertz CT molecular complexity index is 877. The molecule has 26 heavy (non-hydrogen) atoms. The predicted molar refractivity (Wildman–Crippen MR) is 102 cm³/mol. The van der Waals surface area contributed by atoms with Gasteiger partial charge in [0.1, 0.15) is 6.34 Å². The number of nitrogens with zero attached hydrogens (tertiary/aromatic N) is 1. The molecule has 8 N–H and O–H groups in total. The number of nitrogen functional groups attached to an aromatic ring is 1. The number of primary amides is 1. The minimum Gasteiger partial charge on any atom is -0.481 e. The molecule has 2 rings (SSSR count). The van der Waals surface area contributed by atoms with Crippen molar-refractivity contribution >= 4 is 29.6 Å². The van der Waals surface area contributed by atoms with Crippen molar-refractivity contribution in [1.82, 2.24) is 0 Å². The number of anilines is 2. The van der Waals surface area contributed by atoms with E-state index < -0.39 is 11.9 Å². The van der Waals surface area contributed by atoms with Gasteiger partial charge in [-0.1, -0.05) is 12.1 Å². The molecule has 2 aromatic carbocycles. The van der Waals surface area contributed by atoms with Crippen molar-refractivity contribution < 1.29 is 14.7 Å². The fourth-order valence-electron chi connectivity index (χ4n) is 2.74. The van der Waals surface area contributed by atoms with E-state index in [4.69, 9.17) is 22.4 Å². The topological polar surface area (TPSA) is 157 Å². The molecule has 0 unspecified atom stereocenters. The lowest BCUT2D eigenvalue weighted by atomic mass is 9.90. The minimum absolute atomic E-state index is 0.0375. The molecule has 0 heterocycles. The number of carbonyl (C=O) groups is 2. The number of carboxylic acid groups (broad SMARTS) is 1. The van der Waals surface area contributed by atoms with E-state index in [0.717, 1.165) is 5.56 Å². The van der Waals surface area contributed by atoms with Gasteiger partial charge < -0.3 is 27.7 Å². The van der Waals surface area contributed by atoms with E-state index in [2.05, 4.69) is 10.4 Å². The number of nitrogens with one attached hydrogen (secondary N) is 1. The molecule has 2 aromatic rings. The monoisotopic (exact) mass is 355 g/mol. The van der Waals surface area contributed by atoms with Gasteiger partial charge in [-0.05, 0) is 53.8 Å². The smallest absolute Gasteiger partial charge is 0.303 e. The highest BCUT2D eigenvalue weighted by Gasteiger charge is 2.19. The number of rotatable bonds is 7. The summed E-state index contributed by atoms with van der Waals surface area (Å²) in [5, 5.41) is 15.2. The third-order valence-electron chi connectivity index (χ3n) is 4.08. The number of carboxylic acids is 1. The highest BCUT2D eigenvalue weighted by Crippen LogP contribution is 2.34. The first kappa shape index (κ1) is 18.8. The predicted octanol–water partition coefficient (Wildman–Crippen LogP) is 1.67. The van der Waals surface area contributed by atoms with E-state index in [9.17, 15) is 9.59 Å². The van der Waals surface area contributed by atoms with Crippen molar-refractivity contribution in [3.05, 3.63) is 47.0 Å². The van der Waals surface area contributed by atoms with E-state index in [1.165, 1.54) is 6.34 Å². The lowest BCUT2D eigenvalue weighted by molar-refractivity contribution is -0.136. The average Bonchev–Trinajstić information content (AvgIpc) is 2.60. The second kappa shape index (κ2) is 8.02. The van der Waals surface area contributed by atoms with Crippen molar-refractivity contribution in [2.75, 3.05) is 11.1 Å². The molecule has 0 spiro atoms. The quantitative estimate of drug-likeness (QED) is 0.167. The number of amides is 1. The Balaban J connectivity index is 2.61. The normalized spacial score (nSPS) is 10.8. The number of benzene rings is 2. The molecule has 8 nitrogen and oxygen atoms in total. The van der Waals surface area contributed by atoms with E-state index in [1.54, 1.807) is 31.2 Å². The maximum atomic E-state index is 12.0. The summed E-state index contributed by atoms with van der Waals surface area (Å²) in [5.41, 5.74) is 15.5. The number of hydrazone groups is 1. The summed E-state index contributed by atoms with van der Waals surface area (Å²) in [6.07, 6.45) is 1.59. The van der Waals surface area contributed by atoms with Crippen LogP contribution in [0.3, 0.4) is 0 Å². The van der Waals surface area contributed by atoms with E-state index in [-0.39, 0.29) is 17.7 Å². The summed E-state index contributed by atoms with van der Waals surface area (Å²) < 4.78 is 0. The largest absolute Gasteiger partial charge is 0.481 e. The molecule has 0 aliphatic carbocycles. The molecular formula is C18H21N5O3. The van der Waals surface area contributed by atoms with Crippen molar-refractivity contribution in [3.8, 4) is 11.1 Å². The maximum Gasteiger partial charge on any atom is 0.303 e. The standard InChI is InChI=1S/C18H21N5O3/c1-10-11(5-6-15(24)25)8-14(16(17(10)19)18(20)26)12-3-2-4-13(7-12)22-9-23-21/h2-4,7-9H,5-6,19,21H2,1H3,(H2,20,26)(H,22,23)(H,24,25). The number of aryl methyl sites for hydroxylation is 1. The molecule has 8 heteroatoms. The highest BCUT2D eigenvalue weighted by molar-refractivity contribution is 6.05. The Morgan fingerprint density at radius 3 is 2.65 bits per heavy atom. The van der Waals surface area contributed by atoms with Crippen molar-refractivity contribution in [3.63, 3.8) is 0 Å². The van der Waals surface area contributed by atoms with Gasteiger partial charge in [0.05, 0.1) is 5.56 Å². The lowest BCUT2D eigenvalue weighted by Crippen LogP contribution is -2.17. The van der Waals surface area contributed by atoms with Crippen LogP contribution in [0.2, 0.25) is 0 Å². The zero-order valence-corrected chi connectivity index (χ0v) is 14.3. The summed E-state index contributed by atoms with van der Waals surface area (Å²) in [5.74, 6) is 3.53. The molecule has 0 saturated heterocycles. The fraction of sp³-hybridized carbons (Fsp3) is 0.167. The molecular weight excluding hydrogens is 334 g/mol. The van der Waals surface area contributed by atoms with E-state index in [1.807, 2.05) is 6.07 Å². The molecule has 0 bridgehead atoms. The third kappa shape index (κ3) is 4.10. The SMILES string of the molecule is Cc1c(CCC(=O)O)cc(-c2cccc(NC=NN)c2)c(C(N)=O)c1N. The van der Waals surface area contributed by atoms with Crippen molar-refractivity contribution in [2.45, 2.75) is 19.8 Å². The van der Waals surface area contributed by atoms with Crippen LogP contribution >= 0.6 is 0 Å². The van der Waals surface area contributed by atoms with Crippen LogP contribution in [-0.4, -0.2) is 23.3 Å². The second-order valence-corrected chi connectivity index (χ2v) is 5.76. The van der Waals surface area contributed by atoms with Crippen molar-refractivity contribution in [2.24, 2.45) is 16.7 Å². The maximum absolute atomic E-state index is 12.0. The fourth-order valence-corrected chi connectivity index (χ4v) is 2.74. The van der Waals surface area contributed by atoms with Crippen LogP contribution in [0, 0.1) is 6.92 Å². The summed E-state index contributed by atoms with van der Waals surface area (Å²) in [6.45, 7) is 1.75. The summed E-state index contributed by atoms with van der Waals surface area (Å²) >= 11 is 0. The van der Waals surface area contributed by atoms with Gasteiger partial charge >= 0.3 is 5.97 Å². The Kier molecular flexibility index (Phi) is 5.79. The molecule has 0 saturated carbocycles. The van der Waals surface area contributed by atoms with Gasteiger partial charge in [0.15, 0.2) is 0 Å². The first-order valence-corrected chi connectivity index (χ1v) is 7.87. The van der Waals surface area contributed by atoms with Gasteiger partial charge in [0, 0.05) is 17.8 Å². The molecule has 0 atom stereocenters. The molecule has 0 radical (unpaired) electrons. The van der Waals surface area contributed by atoms with Crippen LogP contribution in [0.4, 0.5) is 11.4 Å². The van der Waals surface area contributed by atoms with Gasteiger partial charge in [0.2, 0.25) is 0 Å². The highest BCUT2D eigenvalue weighted by atomic mass is 16.4. The Hall–Kier alpha value is -3.55. The Morgan fingerprint density at radius 1 is 1.31 bits per heavy atom. The molecule has 0 fully saturated rings. The Labute approximate surface area is 150 Å². The van der Waals surface area contributed by atoms with Gasteiger partial charge in [-0.2, -0.15) is 5.10 Å². The average molecular weight is 355 g/mol. The van der Waals surface area contributed by atoms with Crippen molar-refractivity contribution in [1.29, 1.82) is 0 Å². The summed E-state index contributed by atoms with van der Waals surface area (Å²) in [6, 6.07) is 8.96. The van der Waals surface area contributed by atoms with Gasteiger partial charge in [0.25, 0.3) is 5.91 Å². The second-order valence-electron chi connectivity index (χ2n) is 5.76. The van der Waals surface area contributed by atoms with E-state index in [0.29, 0.717) is 28.8 Å². The molecule has 0 aliphatic heterocycles. The Morgan fingerprint density at radius 2 is 2.04 bits per heavy atom. The minimum atomic E-state index is -0.907. The zero-order chi connectivity index (χ0) is 19.3. The zero-order valence-electron chi connectivity index (χ0n) is 14.3. The number of carbonyl (C=O) groups excluding carboxylic acids is 1. The summed E-state index contributed by atoms with van der Waals surface area (Å²) in [4.78, 5) is 22.9. The van der Waals surface area contributed by atoms with Crippen LogP contribution in [0.5, 0.6) is 0 Å². The van der Waals surface area contributed by atoms with Crippen LogP contribution < -0.4 is 22.6 Å². The summed E-state index contributed by atoms with van der Waals surface area (Å²) in [7, 11) is 0. The number of aliphatic carboxylic acids is 1. The van der Waals surface area contributed by atoms with Crippen LogP contribution in [-0.2, 0) is 11.2 Å². The van der Waals surface area contributed by atoms with Gasteiger partial charge in [-0.3, -0.25) is 9.59 Å². The molecule has 0 aromatic heterocycles. The van der Waals surface area contributed by atoms with E-state index >= 15 is 0 Å². The molecule has 136 valence electrons. The number of hydrogen-bond acceptors (Lipinski definition) is 5. The number of hydrogen-bond donors (Lipinski definition) is 5. The lowest BCUT2D eigenvalue weighted by Gasteiger charge is -2.17. The molecule has 0 aliphatic rings. The van der Waals surface area contributed by atoms with Gasteiger partial charge in [-0.15, -0.1) is 0 Å². The van der Waals surface area contributed by atoms with Crippen LogP contribution in [0.15, 0.2) is 35.4 Å². The number of nitrogens with two attached hydrogens (primary N) is 3. The third-order valence-corrected chi connectivity index (χ3v) is 4.08. The molecule has 1 amide bonds. The first-order chi connectivity index (χ1) is 12.3. The van der Waals surface area contributed by atoms with Gasteiger partial charge in [-0.25, -0.2) is 0 Å². The van der Waals surface area contributed by atoms with Crippen LogP contribution in [0.1, 0.15) is 27.9 Å². The van der Waals surface area contributed by atoms with Crippen LogP contribution in [0.25, 0.3) is 11.1 Å². The first-order valence-electron chi connectivity index (χ1n) is 7.87.